The minimum Gasteiger partial charge on any atom is -0.450 e. The molecule has 1 rings (SSSR count). The maximum Gasteiger partial charge on any atom is 0.409 e. The molecular weight excluding hydrogens is 218 g/mol. The van der Waals surface area contributed by atoms with E-state index in [1.54, 1.807) is 4.90 Å². The number of likely N-dealkylation sites (N-methyl/N-ethyl adjacent to an activating group) is 1. The van der Waals surface area contributed by atoms with E-state index in [4.69, 9.17) is 4.74 Å². The van der Waals surface area contributed by atoms with E-state index in [-0.39, 0.29) is 11.6 Å². The maximum absolute atomic E-state index is 11.5. The molecule has 1 heterocycles. The SMILES string of the molecule is CCOC(=O)N1CCN(CC(C)(C)NC)CC1. The third-order valence-electron chi connectivity index (χ3n) is 3.19. The van der Waals surface area contributed by atoms with Crippen LogP contribution in [0.4, 0.5) is 4.79 Å². The van der Waals surface area contributed by atoms with E-state index in [1.165, 1.54) is 0 Å². The Morgan fingerprint density at radius 2 is 1.88 bits per heavy atom. The van der Waals surface area contributed by atoms with Crippen LogP contribution < -0.4 is 5.32 Å². The second kappa shape index (κ2) is 6.21. The highest BCUT2D eigenvalue weighted by Gasteiger charge is 2.25. The molecule has 0 aliphatic carbocycles. The van der Waals surface area contributed by atoms with Gasteiger partial charge in [-0.05, 0) is 27.8 Å². The second-order valence-corrected chi connectivity index (χ2v) is 5.10. The number of hydrogen-bond acceptors (Lipinski definition) is 4. The van der Waals surface area contributed by atoms with Crippen molar-refractivity contribution in [1.29, 1.82) is 0 Å². The fourth-order valence-corrected chi connectivity index (χ4v) is 1.94. The summed E-state index contributed by atoms with van der Waals surface area (Å²) in [7, 11) is 1.98. The topological polar surface area (TPSA) is 44.8 Å². The second-order valence-electron chi connectivity index (χ2n) is 5.10. The summed E-state index contributed by atoms with van der Waals surface area (Å²) in [6.07, 6.45) is -0.181. The zero-order valence-corrected chi connectivity index (χ0v) is 11.5. The molecule has 0 saturated carbocycles. The molecule has 1 aliphatic heterocycles. The van der Waals surface area contributed by atoms with Crippen LogP contribution in [0.3, 0.4) is 0 Å². The van der Waals surface area contributed by atoms with Gasteiger partial charge in [0.1, 0.15) is 0 Å². The summed E-state index contributed by atoms with van der Waals surface area (Å²) in [5.41, 5.74) is 0.117. The van der Waals surface area contributed by atoms with Gasteiger partial charge in [-0.1, -0.05) is 0 Å². The Morgan fingerprint density at radius 3 is 2.35 bits per heavy atom. The Balaban J connectivity index is 2.33. The first-order chi connectivity index (χ1) is 7.98. The lowest BCUT2D eigenvalue weighted by Gasteiger charge is -2.38. The van der Waals surface area contributed by atoms with Crippen LogP contribution in [-0.4, -0.2) is 67.8 Å². The van der Waals surface area contributed by atoms with Gasteiger partial charge in [-0.3, -0.25) is 4.90 Å². The van der Waals surface area contributed by atoms with Crippen LogP contribution >= 0.6 is 0 Å². The number of piperazine rings is 1. The van der Waals surface area contributed by atoms with Gasteiger partial charge in [-0.15, -0.1) is 0 Å². The molecule has 0 bridgehead atoms. The van der Waals surface area contributed by atoms with Crippen LogP contribution in [0, 0.1) is 0 Å². The molecule has 0 spiro atoms. The van der Waals surface area contributed by atoms with Gasteiger partial charge in [0, 0.05) is 38.3 Å². The summed E-state index contributed by atoms with van der Waals surface area (Å²) < 4.78 is 4.99. The summed E-state index contributed by atoms with van der Waals surface area (Å²) in [6, 6.07) is 0. The van der Waals surface area contributed by atoms with Crippen molar-refractivity contribution in [3.8, 4) is 0 Å². The van der Waals surface area contributed by atoms with Crippen molar-refractivity contribution in [3.05, 3.63) is 0 Å². The van der Waals surface area contributed by atoms with Crippen LogP contribution in [0.25, 0.3) is 0 Å². The minimum absolute atomic E-state index is 0.117. The Kier molecular flexibility index (Phi) is 5.21. The van der Waals surface area contributed by atoms with Gasteiger partial charge in [-0.2, -0.15) is 0 Å². The molecule has 0 radical (unpaired) electrons. The summed E-state index contributed by atoms with van der Waals surface area (Å²) in [5, 5.41) is 3.30. The fourth-order valence-electron chi connectivity index (χ4n) is 1.94. The standard InChI is InChI=1S/C12H25N3O2/c1-5-17-11(16)15-8-6-14(7-9-15)10-12(2,3)13-4/h13H,5-10H2,1-4H3. The van der Waals surface area contributed by atoms with Crippen molar-refractivity contribution in [2.24, 2.45) is 0 Å². The molecule has 1 fully saturated rings. The Morgan fingerprint density at radius 1 is 1.29 bits per heavy atom. The highest BCUT2D eigenvalue weighted by molar-refractivity contribution is 5.67. The molecule has 0 atom stereocenters. The molecule has 0 unspecified atom stereocenters. The number of carbonyl (C=O) groups excluding carboxylic acids is 1. The lowest BCUT2D eigenvalue weighted by Crippen LogP contribution is -2.54. The first-order valence-corrected chi connectivity index (χ1v) is 6.31. The van der Waals surface area contributed by atoms with E-state index < -0.39 is 0 Å². The lowest BCUT2D eigenvalue weighted by atomic mass is 10.1. The van der Waals surface area contributed by atoms with E-state index in [9.17, 15) is 4.79 Å². The molecule has 0 aromatic heterocycles. The number of rotatable bonds is 4. The summed E-state index contributed by atoms with van der Waals surface area (Å²) >= 11 is 0. The van der Waals surface area contributed by atoms with E-state index in [0.717, 1.165) is 32.7 Å². The molecule has 100 valence electrons. The van der Waals surface area contributed by atoms with Crippen LogP contribution in [0.15, 0.2) is 0 Å². The van der Waals surface area contributed by atoms with Crippen molar-refractivity contribution in [2.75, 3.05) is 46.4 Å². The van der Waals surface area contributed by atoms with Gasteiger partial charge in [0.15, 0.2) is 0 Å². The van der Waals surface area contributed by atoms with Gasteiger partial charge in [0.2, 0.25) is 0 Å². The number of carbonyl (C=O) groups is 1. The summed E-state index contributed by atoms with van der Waals surface area (Å²) in [6.45, 7) is 11.0. The quantitative estimate of drug-likeness (QED) is 0.792. The number of ether oxygens (including phenoxy) is 1. The molecule has 1 N–H and O–H groups in total. The highest BCUT2D eigenvalue weighted by atomic mass is 16.6. The third kappa shape index (κ3) is 4.52. The Bertz CT molecular complexity index is 248. The predicted octanol–water partition coefficient (Wildman–Crippen LogP) is 0.759. The smallest absolute Gasteiger partial charge is 0.409 e. The molecule has 1 aliphatic rings. The van der Waals surface area contributed by atoms with Crippen molar-refractivity contribution in [2.45, 2.75) is 26.3 Å². The molecule has 5 heteroatoms. The lowest BCUT2D eigenvalue weighted by molar-refractivity contribution is 0.0730. The van der Waals surface area contributed by atoms with Gasteiger partial charge >= 0.3 is 6.09 Å². The van der Waals surface area contributed by atoms with Crippen molar-refractivity contribution in [3.63, 3.8) is 0 Å². The first kappa shape index (κ1) is 14.3. The summed E-state index contributed by atoms with van der Waals surface area (Å²) in [4.78, 5) is 15.7. The molecule has 1 amide bonds. The average Bonchev–Trinajstić information content (AvgIpc) is 2.30. The molecule has 5 nitrogen and oxygen atoms in total. The van der Waals surface area contributed by atoms with Crippen molar-refractivity contribution in [1.82, 2.24) is 15.1 Å². The van der Waals surface area contributed by atoms with Gasteiger partial charge in [-0.25, -0.2) is 4.79 Å². The maximum atomic E-state index is 11.5. The van der Waals surface area contributed by atoms with Crippen LogP contribution in [0.5, 0.6) is 0 Å². The van der Waals surface area contributed by atoms with Crippen LogP contribution in [0.2, 0.25) is 0 Å². The van der Waals surface area contributed by atoms with Crippen LogP contribution in [-0.2, 0) is 4.74 Å². The van der Waals surface area contributed by atoms with Gasteiger partial charge in [0.25, 0.3) is 0 Å². The average molecular weight is 243 g/mol. The van der Waals surface area contributed by atoms with Crippen LogP contribution in [0.1, 0.15) is 20.8 Å². The molecule has 0 aromatic carbocycles. The molecular formula is C12H25N3O2. The Labute approximate surface area is 104 Å². The van der Waals surface area contributed by atoms with E-state index in [0.29, 0.717) is 6.61 Å². The molecule has 17 heavy (non-hydrogen) atoms. The number of nitrogens with zero attached hydrogens (tertiary/aromatic N) is 2. The number of nitrogens with one attached hydrogen (secondary N) is 1. The van der Waals surface area contributed by atoms with E-state index in [2.05, 4.69) is 24.1 Å². The van der Waals surface area contributed by atoms with E-state index >= 15 is 0 Å². The summed E-state index contributed by atoms with van der Waals surface area (Å²) in [5.74, 6) is 0. The van der Waals surface area contributed by atoms with Crippen molar-refractivity contribution >= 4 is 6.09 Å². The zero-order chi connectivity index (χ0) is 12.9. The number of amides is 1. The molecule has 0 aromatic rings. The monoisotopic (exact) mass is 243 g/mol. The Hall–Kier alpha value is -0.810. The fraction of sp³-hybridized carbons (Fsp3) is 0.917. The van der Waals surface area contributed by atoms with E-state index in [1.807, 2.05) is 14.0 Å². The van der Waals surface area contributed by atoms with Gasteiger partial charge < -0.3 is 15.0 Å². The zero-order valence-electron chi connectivity index (χ0n) is 11.5. The molecule has 1 saturated heterocycles. The predicted molar refractivity (Wildman–Crippen MR) is 68.2 cm³/mol. The minimum atomic E-state index is -0.181. The third-order valence-corrected chi connectivity index (χ3v) is 3.19. The highest BCUT2D eigenvalue weighted by Crippen LogP contribution is 2.09. The normalized spacial score (nSPS) is 18.2. The van der Waals surface area contributed by atoms with Crippen molar-refractivity contribution < 1.29 is 9.53 Å². The van der Waals surface area contributed by atoms with Gasteiger partial charge in [0.05, 0.1) is 6.61 Å². The first-order valence-electron chi connectivity index (χ1n) is 6.31. The largest absolute Gasteiger partial charge is 0.450 e. The number of hydrogen-bond donors (Lipinski definition) is 1.